The van der Waals surface area contributed by atoms with Crippen LogP contribution in [0.25, 0.3) is 0 Å². The van der Waals surface area contributed by atoms with Gasteiger partial charge in [-0.15, -0.1) is 0 Å². The van der Waals surface area contributed by atoms with Crippen molar-refractivity contribution < 1.29 is 33.3 Å². The highest BCUT2D eigenvalue weighted by Gasteiger charge is 2.15. The fraction of sp³-hybridized carbons (Fsp3) is 0.133. The van der Waals surface area contributed by atoms with E-state index in [4.69, 9.17) is 14.9 Å². The molecule has 23 heavy (non-hydrogen) atoms. The summed E-state index contributed by atoms with van der Waals surface area (Å²) in [5, 5.41) is 27.5. The Labute approximate surface area is 132 Å². The summed E-state index contributed by atoms with van der Waals surface area (Å²) in [4.78, 5) is 10.8. The third-order valence-corrected chi connectivity index (χ3v) is 4.71. The van der Waals surface area contributed by atoms with Gasteiger partial charge in [-0.1, -0.05) is 0 Å². The maximum Gasteiger partial charge on any atom is 0.339 e. The van der Waals surface area contributed by atoms with E-state index in [1.807, 2.05) is 0 Å². The molecule has 0 aliphatic rings. The van der Waals surface area contributed by atoms with Crippen LogP contribution in [0.1, 0.15) is 10.4 Å². The Hall–Kier alpha value is -2.74. The van der Waals surface area contributed by atoms with E-state index >= 15 is 0 Å². The Morgan fingerprint density at radius 2 is 1.70 bits per heavy atom. The molecular weight excluding hydrogens is 324 g/mol. The van der Waals surface area contributed by atoms with Crippen molar-refractivity contribution in [2.45, 2.75) is 4.90 Å². The van der Waals surface area contributed by atoms with E-state index in [1.54, 1.807) is 0 Å². The lowest BCUT2D eigenvalue weighted by Crippen LogP contribution is -2.14. The Morgan fingerprint density at radius 3 is 2.26 bits per heavy atom. The van der Waals surface area contributed by atoms with Crippen LogP contribution in [-0.2, 0) is 9.84 Å². The summed E-state index contributed by atoms with van der Waals surface area (Å²) in [6.45, 7) is -0.172. The SMILES string of the molecule is O=C(O)c1ccc(OCCS(=O)(=O)c2ccc(O)cc2)cc1O. The number of carboxylic acids is 1. The summed E-state index contributed by atoms with van der Waals surface area (Å²) in [6.07, 6.45) is 0. The molecule has 0 aliphatic heterocycles. The smallest absolute Gasteiger partial charge is 0.339 e. The monoisotopic (exact) mass is 338 g/mol. The number of sulfone groups is 1. The second-order valence-corrected chi connectivity index (χ2v) is 6.75. The number of benzene rings is 2. The maximum atomic E-state index is 12.1. The number of carbonyl (C=O) groups is 1. The van der Waals surface area contributed by atoms with E-state index < -0.39 is 21.6 Å². The zero-order valence-electron chi connectivity index (χ0n) is 11.8. The van der Waals surface area contributed by atoms with Gasteiger partial charge in [-0.25, -0.2) is 13.2 Å². The molecule has 2 aromatic rings. The van der Waals surface area contributed by atoms with E-state index in [1.165, 1.54) is 36.4 Å². The number of carboxylic acid groups (broad SMARTS) is 1. The molecule has 2 aromatic carbocycles. The number of aromatic carboxylic acids is 1. The highest BCUT2D eigenvalue weighted by Crippen LogP contribution is 2.24. The number of phenols is 2. The summed E-state index contributed by atoms with van der Waals surface area (Å²) >= 11 is 0. The first kappa shape index (κ1) is 16.6. The fourth-order valence-electron chi connectivity index (χ4n) is 1.82. The average Bonchev–Trinajstić information content (AvgIpc) is 2.47. The minimum Gasteiger partial charge on any atom is -0.508 e. The fourth-order valence-corrected chi connectivity index (χ4v) is 2.91. The molecule has 0 spiro atoms. The number of hydrogen-bond acceptors (Lipinski definition) is 6. The molecular formula is C15H14O7S. The second kappa shape index (κ2) is 6.57. The number of hydrogen-bond donors (Lipinski definition) is 3. The van der Waals surface area contributed by atoms with Crippen molar-refractivity contribution in [1.29, 1.82) is 0 Å². The quantitative estimate of drug-likeness (QED) is 0.732. The van der Waals surface area contributed by atoms with Crippen molar-refractivity contribution in [2.75, 3.05) is 12.4 Å². The van der Waals surface area contributed by atoms with E-state index in [-0.39, 0.29) is 34.3 Å². The molecule has 7 nitrogen and oxygen atoms in total. The normalized spacial score (nSPS) is 11.1. The average molecular weight is 338 g/mol. The van der Waals surface area contributed by atoms with Crippen LogP contribution in [0, 0.1) is 0 Å². The first-order chi connectivity index (χ1) is 10.8. The Balaban J connectivity index is 2.00. The second-order valence-electron chi connectivity index (χ2n) is 4.65. The van der Waals surface area contributed by atoms with E-state index in [0.29, 0.717) is 0 Å². The number of aromatic hydroxyl groups is 2. The molecule has 0 heterocycles. The van der Waals surface area contributed by atoms with Crippen LogP contribution in [0.4, 0.5) is 0 Å². The van der Waals surface area contributed by atoms with Crippen LogP contribution in [-0.4, -0.2) is 42.1 Å². The van der Waals surface area contributed by atoms with Gasteiger partial charge in [0.05, 0.1) is 10.6 Å². The lowest BCUT2D eigenvalue weighted by molar-refractivity contribution is 0.0693. The van der Waals surface area contributed by atoms with Crippen LogP contribution in [0.5, 0.6) is 17.2 Å². The predicted octanol–water partition coefficient (Wildman–Crippen LogP) is 1.65. The van der Waals surface area contributed by atoms with Gasteiger partial charge >= 0.3 is 5.97 Å². The molecule has 0 saturated heterocycles. The zero-order chi connectivity index (χ0) is 17.0. The molecule has 0 radical (unpaired) electrons. The number of rotatable bonds is 6. The third-order valence-electron chi connectivity index (χ3n) is 3.02. The summed E-state index contributed by atoms with van der Waals surface area (Å²) in [5.74, 6) is -1.91. The predicted molar refractivity (Wildman–Crippen MR) is 80.7 cm³/mol. The van der Waals surface area contributed by atoms with Crippen LogP contribution >= 0.6 is 0 Å². The molecule has 0 aliphatic carbocycles. The van der Waals surface area contributed by atoms with Crippen LogP contribution in [0.2, 0.25) is 0 Å². The molecule has 0 fully saturated rings. The standard InChI is InChI=1S/C15H14O7S/c16-10-1-4-12(5-2-10)23(20,21)8-7-22-11-3-6-13(15(18)19)14(17)9-11/h1-6,9,16-17H,7-8H2,(H,18,19). The van der Waals surface area contributed by atoms with Gasteiger partial charge < -0.3 is 20.1 Å². The van der Waals surface area contributed by atoms with Gasteiger partial charge in [-0.05, 0) is 36.4 Å². The molecule has 0 aromatic heterocycles. The number of phenolic OH excluding ortho intramolecular Hbond substituents is 1. The minimum absolute atomic E-state index is 0.0332. The lowest BCUT2D eigenvalue weighted by Gasteiger charge is -2.08. The van der Waals surface area contributed by atoms with Crippen LogP contribution in [0.3, 0.4) is 0 Å². The first-order valence-corrected chi connectivity index (χ1v) is 8.16. The molecule has 2 rings (SSSR count). The highest BCUT2D eigenvalue weighted by molar-refractivity contribution is 7.91. The van der Waals surface area contributed by atoms with Crippen molar-refractivity contribution in [3.05, 3.63) is 48.0 Å². The van der Waals surface area contributed by atoms with Gasteiger partial charge in [-0.3, -0.25) is 0 Å². The van der Waals surface area contributed by atoms with Gasteiger partial charge in [-0.2, -0.15) is 0 Å². The van der Waals surface area contributed by atoms with Crippen molar-refractivity contribution >= 4 is 15.8 Å². The molecule has 8 heteroatoms. The summed E-state index contributed by atoms with van der Waals surface area (Å²) in [5.41, 5.74) is -0.269. The topological polar surface area (TPSA) is 121 Å². The van der Waals surface area contributed by atoms with E-state index in [0.717, 1.165) is 6.07 Å². The summed E-state index contributed by atoms with van der Waals surface area (Å²) in [6, 6.07) is 8.73. The van der Waals surface area contributed by atoms with Gasteiger partial charge in [0, 0.05) is 6.07 Å². The van der Waals surface area contributed by atoms with Gasteiger partial charge in [0.15, 0.2) is 9.84 Å². The highest BCUT2D eigenvalue weighted by atomic mass is 32.2. The van der Waals surface area contributed by atoms with Crippen LogP contribution < -0.4 is 4.74 Å². The van der Waals surface area contributed by atoms with E-state index in [9.17, 15) is 18.3 Å². The van der Waals surface area contributed by atoms with Gasteiger partial charge in [0.25, 0.3) is 0 Å². The molecule has 0 saturated carbocycles. The number of ether oxygens (including phenoxy) is 1. The third kappa shape index (κ3) is 4.13. The lowest BCUT2D eigenvalue weighted by atomic mass is 10.2. The molecule has 122 valence electrons. The summed E-state index contributed by atoms with van der Waals surface area (Å²) < 4.78 is 29.3. The molecule has 0 amide bonds. The molecule has 0 atom stereocenters. The van der Waals surface area contributed by atoms with Gasteiger partial charge in [0.2, 0.25) is 0 Å². The minimum atomic E-state index is -3.57. The summed E-state index contributed by atoms with van der Waals surface area (Å²) in [7, 11) is -3.57. The first-order valence-electron chi connectivity index (χ1n) is 6.50. The van der Waals surface area contributed by atoms with Crippen molar-refractivity contribution in [3.8, 4) is 17.2 Å². The van der Waals surface area contributed by atoms with Crippen molar-refractivity contribution in [1.82, 2.24) is 0 Å². The Morgan fingerprint density at radius 1 is 1.04 bits per heavy atom. The zero-order valence-corrected chi connectivity index (χ0v) is 12.7. The molecule has 0 bridgehead atoms. The molecule has 3 N–H and O–H groups in total. The largest absolute Gasteiger partial charge is 0.508 e. The van der Waals surface area contributed by atoms with E-state index in [2.05, 4.69) is 0 Å². The molecule has 0 unspecified atom stereocenters. The Bertz CT molecular complexity index is 810. The Kier molecular flexibility index (Phi) is 4.75. The van der Waals surface area contributed by atoms with Crippen molar-refractivity contribution in [2.24, 2.45) is 0 Å². The van der Waals surface area contributed by atoms with Gasteiger partial charge in [0.1, 0.15) is 29.4 Å². The maximum absolute atomic E-state index is 12.1. The van der Waals surface area contributed by atoms with Crippen LogP contribution in [0.15, 0.2) is 47.4 Å². The van der Waals surface area contributed by atoms with Crippen molar-refractivity contribution in [3.63, 3.8) is 0 Å².